The second-order valence-corrected chi connectivity index (χ2v) is 6.62. The fraction of sp³-hybridized carbons (Fsp3) is 0.538. The summed E-state index contributed by atoms with van der Waals surface area (Å²) in [5, 5.41) is 10.9. The zero-order chi connectivity index (χ0) is 14.8. The maximum absolute atomic E-state index is 12.2. The van der Waals surface area contributed by atoms with Crippen molar-refractivity contribution in [2.75, 3.05) is 0 Å². The van der Waals surface area contributed by atoms with E-state index in [-0.39, 0.29) is 10.8 Å². The Morgan fingerprint density at radius 3 is 2.55 bits per heavy atom. The van der Waals surface area contributed by atoms with E-state index in [0.717, 1.165) is 19.3 Å². The predicted molar refractivity (Wildman–Crippen MR) is 72.8 cm³/mol. The number of nitro benzene ring substituents is 1. The monoisotopic (exact) mass is 299 g/mol. The molecule has 0 spiro atoms. The van der Waals surface area contributed by atoms with Gasteiger partial charge in [0.2, 0.25) is 0 Å². The fourth-order valence-corrected chi connectivity index (χ4v) is 3.82. The Labute approximate surface area is 118 Å². The van der Waals surface area contributed by atoms with Crippen molar-refractivity contribution >= 4 is 15.8 Å². The van der Waals surface area contributed by atoms with E-state index in [9.17, 15) is 18.5 Å². The van der Waals surface area contributed by atoms with Crippen molar-refractivity contribution < 1.29 is 17.5 Å². The zero-order valence-corrected chi connectivity index (χ0v) is 12.0. The summed E-state index contributed by atoms with van der Waals surface area (Å²) >= 11 is 0. The van der Waals surface area contributed by atoms with Crippen molar-refractivity contribution in [3.8, 4) is 0 Å². The molecule has 1 aliphatic carbocycles. The first-order valence-corrected chi connectivity index (χ1v) is 7.99. The summed E-state index contributed by atoms with van der Waals surface area (Å²) in [6, 6.07) is 5.26. The third kappa shape index (κ3) is 3.16. The van der Waals surface area contributed by atoms with E-state index < -0.39 is 26.8 Å². The SMILES string of the molecule is CC1CCCCC1OS(=O)(=O)c1ccccc1[N+](=O)[O-]. The van der Waals surface area contributed by atoms with Crippen molar-refractivity contribution in [1.82, 2.24) is 0 Å². The average Bonchev–Trinajstić information content (AvgIpc) is 2.41. The smallest absolute Gasteiger partial charge is 0.263 e. The highest BCUT2D eigenvalue weighted by Gasteiger charge is 2.32. The maximum Gasteiger partial charge on any atom is 0.304 e. The summed E-state index contributed by atoms with van der Waals surface area (Å²) in [6.07, 6.45) is 3.17. The molecule has 1 fully saturated rings. The number of para-hydroxylation sites is 1. The van der Waals surface area contributed by atoms with Crippen LogP contribution in [0.1, 0.15) is 32.6 Å². The third-order valence-electron chi connectivity index (χ3n) is 3.61. The van der Waals surface area contributed by atoms with Gasteiger partial charge in [-0.1, -0.05) is 31.9 Å². The topological polar surface area (TPSA) is 86.5 Å². The first-order chi connectivity index (χ1) is 9.42. The van der Waals surface area contributed by atoms with E-state index in [0.29, 0.717) is 6.42 Å². The molecule has 0 N–H and O–H groups in total. The zero-order valence-electron chi connectivity index (χ0n) is 11.2. The summed E-state index contributed by atoms with van der Waals surface area (Å²) in [7, 11) is -4.11. The number of hydrogen-bond acceptors (Lipinski definition) is 5. The molecule has 7 heteroatoms. The van der Waals surface area contributed by atoms with Crippen molar-refractivity contribution in [2.45, 2.75) is 43.6 Å². The van der Waals surface area contributed by atoms with Gasteiger partial charge in [0.15, 0.2) is 4.90 Å². The molecule has 0 aliphatic heterocycles. The standard InChI is InChI=1S/C13H17NO5S/c1-10-6-2-4-8-12(10)19-20(17,18)13-9-5-3-7-11(13)14(15)16/h3,5,7,9-10,12H,2,4,6,8H2,1H3. The minimum Gasteiger partial charge on any atom is -0.263 e. The number of rotatable bonds is 4. The molecule has 2 unspecified atom stereocenters. The van der Waals surface area contributed by atoms with Gasteiger partial charge in [0, 0.05) is 6.07 Å². The lowest BCUT2D eigenvalue weighted by atomic mass is 9.88. The van der Waals surface area contributed by atoms with Crippen molar-refractivity contribution in [2.24, 2.45) is 5.92 Å². The fourth-order valence-electron chi connectivity index (χ4n) is 2.46. The van der Waals surface area contributed by atoms with Gasteiger partial charge in [-0.05, 0) is 24.8 Å². The highest BCUT2D eigenvalue weighted by molar-refractivity contribution is 7.87. The molecule has 0 bridgehead atoms. The number of nitro groups is 1. The Kier molecular flexibility index (Phi) is 4.39. The minimum atomic E-state index is -4.11. The van der Waals surface area contributed by atoms with E-state index in [4.69, 9.17) is 4.18 Å². The van der Waals surface area contributed by atoms with Gasteiger partial charge < -0.3 is 0 Å². The summed E-state index contributed by atoms with van der Waals surface area (Å²) in [4.78, 5) is 9.83. The molecule has 20 heavy (non-hydrogen) atoms. The molecule has 110 valence electrons. The van der Waals surface area contributed by atoms with Gasteiger partial charge in [-0.3, -0.25) is 14.3 Å². The quantitative estimate of drug-likeness (QED) is 0.484. The van der Waals surface area contributed by atoms with Crippen LogP contribution in [0.15, 0.2) is 29.2 Å². The summed E-state index contributed by atoms with van der Waals surface area (Å²) in [5.41, 5.74) is -0.448. The van der Waals surface area contributed by atoms with E-state index in [1.807, 2.05) is 6.92 Å². The molecule has 1 aromatic carbocycles. The van der Waals surface area contributed by atoms with Crippen LogP contribution in [0.5, 0.6) is 0 Å². The second-order valence-electron chi connectivity index (χ2n) is 5.08. The van der Waals surface area contributed by atoms with Crippen molar-refractivity contribution in [3.63, 3.8) is 0 Å². The van der Waals surface area contributed by atoms with Gasteiger partial charge in [0.1, 0.15) is 0 Å². The van der Waals surface area contributed by atoms with Crippen LogP contribution in [-0.2, 0) is 14.3 Å². The van der Waals surface area contributed by atoms with Gasteiger partial charge in [-0.15, -0.1) is 0 Å². The molecule has 1 saturated carbocycles. The Hall–Kier alpha value is -1.47. The van der Waals surface area contributed by atoms with Crippen LogP contribution in [0.4, 0.5) is 5.69 Å². The number of hydrogen-bond donors (Lipinski definition) is 0. The predicted octanol–water partition coefficient (Wildman–Crippen LogP) is 2.88. The van der Waals surface area contributed by atoms with Crippen molar-refractivity contribution in [3.05, 3.63) is 34.4 Å². The molecule has 1 aromatic rings. The van der Waals surface area contributed by atoms with Crippen LogP contribution in [0.3, 0.4) is 0 Å². The van der Waals surface area contributed by atoms with Crippen LogP contribution in [0.2, 0.25) is 0 Å². The molecule has 1 aliphatic rings. The molecule has 0 heterocycles. The highest BCUT2D eigenvalue weighted by atomic mass is 32.2. The Balaban J connectivity index is 2.29. The van der Waals surface area contributed by atoms with Crippen LogP contribution >= 0.6 is 0 Å². The van der Waals surface area contributed by atoms with Crippen LogP contribution in [0.25, 0.3) is 0 Å². The van der Waals surface area contributed by atoms with E-state index in [2.05, 4.69) is 0 Å². The van der Waals surface area contributed by atoms with Crippen molar-refractivity contribution in [1.29, 1.82) is 0 Å². The third-order valence-corrected chi connectivity index (χ3v) is 5.00. The number of benzene rings is 1. The van der Waals surface area contributed by atoms with E-state index in [1.54, 1.807) is 0 Å². The van der Waals surface area contributed by atoms with Gasteiger partial charge in [0.05, 0.1) is 11.0 Å². The molecule has 0 radical (unpaired) electrons. The summed E-state index contributed by atoms with van der Waals surface area (Å²) < 4.78 is 29.7. The normalized spacial score (nSPS) is 23.4. The Morgan fingerprint density at radius 1 is 1.25 bits per heavy atom. The lowest BCUT2D eigenvalue weighted by molar-refractivity contribution is -0.387. The first kappa shape index (κ1) is 14.9. The minimum absolute atomic E-state index is 0.140. The lowest BCUT2D eigenvalue weighted by Crippen LogP contribution is -2.28. The van der Waals surface area contributed by atoms with Crippen LogP contribution < -0.4 is 0 Å². The molecular formula is C13H17NO5S. The molecular weight excluding hydrogens is 282 g/mol. The average molecular weight is 299 g/mol. The Morgan fingerprint density at radius 2 is 1.90 bits per heavy atom. The van der Waals surface area contributed by atoms with Gasteiger partial charge >= 0.3 is 10.1 Å². The van der Waals surface area contributed by atoms with Crippen LogP contribution in [0, 0.1) is 16.0 Å². The lowest BCUT2D eigenvalue weighted by Gasteiger charge is -2.27. The van der Waals surface area contributed by atoms with Crippen LogP contribution in [-0.4, -0.2) is 19.4 Å². The molecule has 0 saturated heterocycles. The maximum atomic E-state index is 12.2. The molecule has 0 aromatic heterocycles. The van der Waals surface area contributed by atoms with Gasteiger partial charge in [-0.25, -0.2) is 0 Å². The van der Waals surface area contributed by atoms with E-state index in [1.165, 1.54) is 24.3 Å². The molecule has 2 atom stereocenters. The largest absolute Gasteiger partial charge is 0.304 e. The van der Waals surface area contributed by atoms with Gasteiger partial charge in [-0.2, -0.15) is 8.42 Å². The first-order valence-electron chi connectivity index (χ1n) is 6.58. The molecule has 0 amide bonds. The molecule has 6 nitrogen and oxygen atoms in total. The summed E-state index contributed by atoms with van der Waals surface area (Å²) in [5.74, 6) is 0.140. The summed E-state index contributed by atoms with van der Waals surface area (Å²) in [6.45, 7) is 1.94. The number of nitrogens with zero attached hydrogens (tertiary/aromatic N) is 1. The molecule has 2 rings (SSSR count). The Bertz CT molecular complexity index is 599. The van der Waals surface area contributed by atoms with Gasteiger partial charge in [0.25, 0.3) is 5.69 Å². The highest BCUT2D eigenvalue weighted by Crippen LogP contribution is 2.31. The van der Waals surface area contributed by atoms with E-state index >= 15 is 0 Å². The second kappa shape index (κ2) is 5.88.